The van der Waals surface area contributed by atoms with Gasteiger partial charge in [0.2, 0.25) is 0 Å². The lowest BCUT2D eigenvalue weighted by Crippen LogP contribution is -2.42. The van der Waals surface area contributed by atoms with E-state index in [2.05, 4.69) is 18.0 Å². The Balaban J connectivity index is 1.81. The Kier molecular flexibility index (Phi) is 5.13. The summed E-state index contributed by atoms with van der Waals surface area (Å²) < 4.78 is 18.3. The number of benzene rings is 1. The highest BCUT2D eigenvalue weighted by Gasteiger charge is 2.23. The smallest absolute Gasteiger partial charge is 0.123 e. The Morgan fingerprint density at radius 3 is 2.42 bits per heavy atom. The zero-order chi connectivity index (χ0) is 13.7. The number of hydrogen-bond acceptors (Lipinski definition) is 2. The average molecular weight is 281 g/mol. The van der Waals surface area contributed by atoms with Gasteiger partial charge in [0.25, 0.3) is 0 Å². The van der Waals surface area contributed by atoms with Crippen molar-refractivity contribution in [3.05, 3.63) is 30.1 Å². The van der Waals surface area contributed by atoms with Crippen molar-refractivity contribution in [2.45, 2.75) is 25.6 Å². The summed E-state index contributed by atoms with van der Waals surface area (Å²) in [5.41, 5.74) is 0. The summed E-state index contributed by atoms with van der Waals surface area (Å²) in [5.74, 6) is -0.137. The fourth-order valence-electron chi connectivity index (χ4n) is 2.61. The molecule has 0 saturated carbocycles. The van der Waals surface area contributed by atoms with Crippen molar-refractivity contribution in [3.63, 3.8) is 0 Å². The van der Waals surface area contributed by atoms with Crippen LogP contribution < -0.4 is 5.19 Å². The van der Waals surface area contributed by atoms with Gasteiger partial charge in [-0.1, -0.05) is 36.5 Å². The van der Waals surface area contributed by atoms with Crippen LogP contribution in [-0.2, 0) is 4.74 Å². The maximum Gasteiger partial charge on any atom is 0.123 e. The highest BCUT2D eigenvalue weighted by Crippen LogP contribution is 2.14. The fourth-order valence-corrected chi connectivity index (χ4v) is 5.01. The summed E-state index contributed by atoms with van der Waals surface area (Å²) in [5, 5.41) is 1.36. The van der Waals surface area contributed by atoms with Crippen molar-refractivity contribution in [2.75, 3.05) is 32.8 Å². The molecule has 1 aromatic rings. The van der Waals surface area contributed by atoms with Crippen LogP contribution in [0.15, 0.2) is 24.3 Å². The molecule has 0 unspecified atom stereocenters. The van der Waals surface area contributed by atoms with E-state index in [4.69, 9.17) is 4.74 Å². The van der Waals surface area contributed by atoms with Gasteiger partial charge in [-0.3, -0.25) is 4.90 Å². The van der Waals surface area contributed by atoms with E-state index in [0.29, 0.717) is 0 Å². The van der Waals surface area contributed by atoms with E-state index in [1.54, 1.807) is 12.1 Å². The Morgan fingerprint density at radius 1 is 1.16 bits per heavy atom. The lowest BCUT2D eigenvalue weighted by molar-refractivity contribution is 0.0379. The molecule has 1 saturated heterocycles. The molecule has 0 N–H and O–H groups in total. The van der Waals surface area contributed by atoms with E-state index in [0.717, 1.165) is 26.3 Å². The van der Waals surface area contributed by atoms with Crippen LogP contribution in [0.25, 0.3) is 0 Å². The maximum absolute atomic E-state index is 13.0. The largest absolute Gasteiger partial charge is 0.379 e. The predicted octanol–water partition coefficient (Wildman–Crippen LogP) is 2.46. The molecular formula is C15H24FNOSi. The van der Waals surface area contributed by atoms with E-state index in [-0.39, 0.29) is 5.82 Å². The zero-order valence-corrected chi connectivity index (χ0v) is 13.0. The van der Waals surface area contributed by atoms with Crippen LogP contribution in [0.4, 0.5) is 4.39 Å². The third-order valence-electron chi connectivity index (χ3n) is 4.01. The average Bonchev–Trinajstić information content (AvgIpc) is 2.40. The number of rotatable bonds is 5. The Hall–Kier alpha value is -0.713. The molecule has 106 valence electrons. The topological polar surface area (TPSA) is 12.5 Å². The highest BCUT2D eigenvalue weighted by molar-refractivity contribution is 6.89. The molecule has 0 radical (unpaired) electrons. The van der Waals surface area contributed by atoms with Gasteiger partial charge >= 0.3 is 0 Å². The van der Waals surface area contributed by atoms with Gasteiger partial charge in [-0.25, -0.2) is 4.39 Å². The first kappa shape index (κ1) is 14.7. The molecule has 1 aliphatic heterocycles. The van der Waals surface area contributed by atoms with Crippen molar-refractivity contribution >= 4 is 13.3 Å². The van der Waals surface area contributed by atoms with Gasteiger partial charge in [0, 0.05) is 13.1 Å². The van der Waals surface area contributed by atoms with Crippen LogP contribution in [-0.4, -0.2) is 45.8 Å². The van der Waals surface area contributed by atoms with Crippen molar-refractivity contribution in [1.29, 1.82) is 0 Å². The molecule has 2 rings (SSSR count). The van der Waals surface area contributed by atoms with Gasteiger partial charge in [-0.15, -0.1) is 0 Å². The van der Waals surface area contributed by atoms with Crippen LogP contribution in [0, 0.1) is 5.82 Å². The Labute approximate surface area is 116 Å². The molecule has 0 atom stereocenters. The van der Waals surface area contributed by atoms with Crippen molar-refractivity contribution in [3.8, 4) is 0 Å². The van der Waals surface area contributed by atoms with E-state index in [1.807, 2.05) is 12.1 Å². The Bertz CT molecular complexity index is 388. The molecular weight excluding hydrogens is 257 g/mol. The van der Waals surface area contributed by atoms with E-state index in [9.17, 15) is 4.39 Å². The first-order chi connectivity index (χ1) is 9.08. The summed E-state index contributed by atoms with van der Waals surface area (Å²) in [4.78, 5) is 2.48. The van der Waals surface area contributed by atoms with Crippen molar-refractivity contribution in [2.24, 2.45) is 0 Å². The number of ether oxygens (including phenoxy) is 1. The third-order valence-corrected chi connectivity index (χ3v) is 7.51. The van der Waals surface area contributed by atoms with Crippen molar-refractivity contribution < 1.29 is 9.13 Å². The van der Waals surface area contributed by atoms with Crippen LogP contribution in [0.5, 0.6) is 0 Å². The molecule has 0 spiro atoms. The fraction of sp³-hybridized carbons (Fsp3) is 0.600. The minimum Gasteiger partial charge on any atom is -0.379 e. The molecule has 0 aromatic heterocycles. The lowest BCUT2D eigenvalue weighted by Gasteiger charge is -2.28. The molecule has 0 aliphatic carbocycles. The quantitative estimate of drug-likeness (QED) is 0.769. The normalized spacial score (nSPS) is 17.6. The van der Waals surface area contributed by atoms with Gasteiger partial charge in [-0.2, -0.15) is 0 Å². The van der Waals surface area contributed by atoms with E-state index >= 15 is 0 Å². The molecule has 1 fully saturated rings. The van der Waals surface area contributed by atoms with Crippen LogP contribution >= 0.6 is 0 Å². The monoisotopic (exact) mass is 281 g/mol. The number of morpholine rings is 1. The molecule has 0 bridgehead atoms. The van der Waals surface area contributed by atoms with Gasteiger partial charge in [0.1, 0.15) is 5.82 Å². The van der Waals surface area contributed by atoms with E-state index in [1.165, 1.54) is 24.2 Å². The van der Waals surface area contributed by atoms with Crippen LogP contribution in [0.2, 0.25) is 19.1 Å². The maximum atomic E-state index is 13.0. The summed E-state index contributed by atoms with van der Waals surface area (Å²) >= 11 is 0. The zero-order valence-electron chi connectivity index (χ0n) is 12.0. The van der Waals surface area contributed by atoms with Crippen molar-refractivity contribution in [1.82, 2.24) is 4.90 Å². The predicted molar refractivity (Wildman–Crippen MR) is 80.2 cm³/mol. The number of nitrogens with zero attached hydrogens (tertiary/aromatic N) is 1. The molecule has 19 heavy (non-hydrogen) atoms. The molecule has 1 aliphatic rings. The summed E-state index contributed by atoms with van der Waals surface area (Å²) in [6, 6.07) is 8.38. The third kappa shape index (κ3) is 4.40. The van der Waals surface area contributed by atoms with Gasteiger partial charge in [-0.05, 0) is 25.1 Å². The number of halogens is 1. The SMILES string of the molecule is C[Si](C)(CCCN1CCOCC1)c1ccc(F)cc1. The van der Waals surface area contributed by atoms with Gasteiger partial charge in [0.05, 0.1) is 21.3 Å². The second-order valence-corrected chi connectivity index (χ2v) is 10.8. The van der Waals surface area contributed by atoms with Crippen LogP contribution in [0.3, 0.4) is 0 Å². The second kappa shape index (κ2) is 6.64. The van der Waals surface area contributed by atoms with Gasteiger partial charge in [0.15, 0.2) is 0 Å². The Morgan fingerprint density at radius 2 is 1.79 bits per heavy atom. The standard InChI is InChI=1S/C15H24FNOSi/c1-19(2,15-6-4-14(16)5-7-15)13-3-8-17-9-11-18-12-10-17/h4-7H,3,8-13H2,1-2H3. The second-order valence-electron chi connectivity index (χ2n) is 5.95. The molecule has 4 heteroatoms. The summed E-state index contributed by atoms with van der Waals surface area (Å²) in [6.07, 6.45) is 1.23. The van der Waals surface area contributed by atoms with E-state index < -0.39 is 8.07 Å². The first-order valence-corrected chi connectivity index (χ1v) is 10.3. The summed E-state index contributed by atoms with van der Waals surface area (Å²) in [7, 11) is -1.41. The lowest BCUT2D eigenvalue weighted by atomic mass is 10.3. The number of hydrogen-bond donors (Lipinski definition) is 0. The minimum atomic E-state index is -1.41. The molecule has 1 aromatic carbocycles. The first-order valence-electron chi connectivity index (χ1n) is 7.14. The summed E-state index contributed by atoms with van der Waals surface area (Å²) in [6.45, 7) is 9.80. The molecule has 0 amide bonds. The highest BCUT2D eigenvalue weighted by atomic mass is 28.3. The minimum absolute atomic E-state index is 0.137. The van der Waals surface area contributed by atoms with Crippen LogP contribution in [0.1, 0.15) is 6.42 Å². The molecule has 2 nitrogen and oxygen atoms in total. The van der Waals surface area contributed by atoms with Gasteiger partial charge < -0.3 is 4.74 Å². The molecule has 1 heterocycles.